The highest BCUT2D eigenvalue weighted by Crippen LogP contribution is 2.25. The maximum atomic E-state index is 5.62. The van der Waals surface area contributed by atoms with Gasteiger partial charge in [0.05, 0.1) is 0 Å². The maximum absolute atomic E-state index is 5.62. The summed E-state index contributed by atoms with van der Waals surface area (Å²) >= 11 is 0. The number of aromatic nitrogens is 3. The van der Waals surface area contributed by atoms with Gasteiger partial charge in [0, 0.05) is 19.5 Å². The molecule has 0 radical (unpaired) electrons. The Morgan fingerprint density at radius 3 is 2.77 bits per heavy atom. The molecule has 0 spiro atoms. The lowest BCUT2D eigenvalue weighted by Crippen LogP contribution is -2.10. The van der Waals surface area contributed by atoms with E-state index >= 15 is 0 Å². The second kappa shape index (κ2) is 2.99. The molecule has 5 nitrogen and oxygen atoms in total. The molecule has 0 aromatic carbocycles. The topological polar surface area (TPSA) is 68.8 Å². The van der Waals surface area contributed by atoms with Crippen LogP contribution in [0, 0.1) is 5.92 Å². The lowest BCUT2D eigenvalue weighted by molar-refractivity contribution is 0.541. The Labute approximate surface area is 77.3 Å². The van der Waals surface area contributed by atoms with Crippen LogP contribution in [0.15, 0.2) is 0 Å². The Balaban J connectivity index is 2.24. The van der Waals surface area contributed by atoms with Gasteiger partial charge in [0.15, 0.2) is 5.82 Å². The average molecular weight is 181 g/mol. The molecule has 2 atom stereocenters. The summed E-state index contributed by atoms with van der Waals surface area (Å²) in [6.07, 6.45) is 0. The van der Waals surface area contributed by atoms with Crippen LogP contribution in [0.5, 0.6) is 0 Å². The third-order valence-electron chi connectivity index (χ3n) is 2.66. The SMILES string of the molecule is CC1CNCC1c1nc(N)n(C)n1. The van der Waals surface area contributed by atoms with E-state index in [1.165, 1.54) is 0 Å². The van der Waals surface area contributed by atoms with Gasteiger partial charge in [-0.15, -0.1) is 0 Å². The van der Waals surface area contributed by atoms with E-state index in [4.69, 9.17) is 5.73 Å². The van der Waals surface area contributed by atoms with Gasteiger partial charge >= 0.3 is 0 Å². The van der Waals surface area contributed by atoms with Crippen molar-refractivity contribution < 1.29 is 0 Å². The van der Waals surface area contributed by atoms with Crippen LogP contribution in [0.25, 0.3) is 0 Å². The van der Waals surface area contributed by atoms with Gasteiger partial charge in [-0.25, -0.2) is 4.68 Å². The number of hydrogen-bond acceptors (Lipinski definition) is 4. The van der Waals surface area contributed by atoms with Gasteiger partial charge in [0.2, 0.25) is 5.95 Å². The van der Waals surface area contributed by atoms with Crippen LogP contribution in [0.1, 0.15) is 18.7 Å². The molecular formula is C8H15N5. The molecule has 3 N–H and O–H groups in total. The summed E-state index contributed by atoms with van der Waals surface area (Å²) in [6, 6.07) is 0. The summed E-state index contributed by atoms with van der Waals surface area (Å²) in [4.78, 5) is 4.23. The Kier molecular flexibility index (Phi) is 1.95. The number of nitrogens with zero attached hydrogens (tertiary/aromatic N) is 3. The van der Waals surface area contributed by atoms with E-state index in [0.717, 1.165) is 18.9 Å². The summed E-state index contributed by atoms with van der Waals surface area (Å²) in [7, 11) is 1.82. The van der Waals surface area contributed by atoms with E-state index in [0.29, 0.717) is 17.8 Å². The Morgan fingerprint density at radius 2 is 2.31 bits per heavy atom. The lowest BCUT2D eigenvalue weighted by Gasteiger charge is -2.08. The molecule has 1 aliphatic heterocycles. The smallest absolute Gasteiger partial charge is 0.218 e. The van der Waals surface area contributed by atoms with Crippen LogP contribution in [0.4, 0.5) is 5.95 Å². The number of nitrogens with one attached hydrogen (secondary N) is 1. The van der Waals surface area contributed by atoms with Gasteiger partial charge in [0.25, 0.3) is 0 Å². The third-order valence-corrected chi connectivity index (χ3v) is 2.66. The van der Waals surface area contributed by atoms with Crippen LogP contribution in [0.3, 0.4) is 0 Å². The normalized spacial score (nSPS) is 28.2. The second-order valence-electron chi connectivity index (χ2n) is 3.69. The minimum absolute atomic E-state index is 0.420. The fraction of sp³-hybridized carbons (Fsp3) is 0.750. The van der Waals surface area contributed by atoms with Crippen molar-refractivity contribution in [3.8, 4) is 0 Å². The standard InChI is InChI=1S/C8H15N5/c1-5-3-10-4-6(5)7-11-8(9)13(2)12-7/h5-6,10H,3-4H2,1-2H3,(H2,9,11,12). The molecule has 2 unspecified atom stereocenters. The van der Waals surface area contributed by atoms with Gasteiger partial charge in [-0.05, 0) is 12.5 Å². The van der Waals surface area contributed by atoms with Gasteiger partial charge in [-0.1, -0.05) is 6.92 Å². The predicted molar refractivity (Wildman–Crippen MR) is 50.2 cm³/mol. The van der Waals surface area contributed by atoms with Crippen molar-refractivity contribution in [3.05, 3.63) is 5.82 Å². The van der Waals surface area contributed by atoms with E-state index in [9.17, 15) is 0 Å². The summed E-state index contributed by atoms with van der Waals surface area (Å²) in [5.74, 6) is 2.39. The highest BCUT2D eigenvalue weighted by atomic mass is 15.4. The number of rotatable bonds is 1. The van der Waals surface area contributed by atoms with Crippen molar-refractivity contribution in [2.75, 3.05) is 18.8 Å². The first kappa shape index (κ1) is 8.50. The summed E-state index contributed by atoms with van der Waals surface area (Å²) < 4.78 is 1.63. The molecule has 13 heavy (non-hydrogen) atoms. The van der Waals surface area contributed by atoms with Crippen molar-refractivity contribution in [1.82, 2.24) is 20.1 Å². The van der Waals surface area contributed by atoms with Crippen LogP contribution >= 0.6 is 0 Å². The molecule has 1 saturated heterocycles. The van der Waals surface area contributed by atoms with Crippen LogP contribution in [-0.4, -0.2) is 27.9 Å². The number of hydrogen-bond donors (Lipinski definition) is 2. The molecule has 1 aliphatic rings. The largest absolute Gasteiger partial charge is 0.368 e. The average Bonchev–Trinajstić information content (AvgIpc) is 2.60. The molecular weight excluding hydrogens is 166 g/mol. The van der Waals surface area contributed by atoms with E-state index in [1.807, 2.05) is 7.05 Å². The highest BCUT2D eigenvalue weighted by molar-refractivity contribution is 5.18. The van der Waals surface area contributed by atoms with Gasteiger partial charge < -0.3 is 11.1 Å². The molecule has 0 saturated carbocycles. The molecule has 1 aromatic rings. The van der Waals surface area contributed by atoms with Crippen molar-refractivity contribution in [2.45, 2.75) is 12.8 Å². The Morgan fingerprint density at radius 1 is 1.54 bits per heavy atom. The van der Waals surface area contributed by atoms with Crippen molar-refractivity contribution in [3.63, 3.8) is 0 Å². The van der Waals surface area contributed by atoms with Gasteiger partial charge in [-0.2, -0.15) is 10.1 Å². The summed E-state index contributed by atoms with van der Waals surface area (Å²) in [5, 5.41) is 7.60. The predicted octanol–water partition coefficient (Wildman–Crippen LogP) is -0.280. The zero-order valence-electron chi connectivity index (χ0n) is 7.99. The van der Waals surface area contributed by atoms with Crippen molar-refractivity contribution in [1.29, 1.82) is 0 Å². The fourth-order valence-corrected chi connectivity index (χ4v) is 1.73. The number of nitrogen functional groups attached to an aromatic ring is 1. The second-order valence-corrected chi connectivity index (χ2v) is 3.69. The van der Waals surface area contributed by atoms with Crippen LogP contribution in [-0.2, 0) is 7.05 Å². The molecule has 2 rings (SSSR count). The fourth-order valence-electron chi connectivity index (χ4n) is 1.73. The molecule has 2 heterocycles. The zero-order chi connectivity index (χ0) is 9.42. The number of aryl methyl sites for hydroxylation is 1. The minimum Gasteiger partial charge on any atom is -0.368 e. The third kappa shape index (κ3) is 1.39. The molecule has 72 valence electrons. The van der Waals surface area contributed by atoms with Crippen molar-refractivity contribution >= 4 is 5.95 Å². The van der Waals surface area contributed by atoms with Crippen molar-refractivity contribution in [2.24, 2.45) is 13.0 Å². The molecule has 1 fully saturated rings. The Bertz CT molecular complexity index is 286. The van der Waals surface area contributed by atoms with E-state index in [2.05, 4.69) is 22.3 Å². The molecule has 1 aromatic heterocycles. The maximum Gasteiger partial charge on any atom is 0.218 e. The molecule has 0 bridgehead atoms. The minimum atomic E-state index is 0.420. The summed E-state index contributed by atoms with van der Waals surface area (Å²) in [5.41, 5.74) is 5.62. The first-order valence-corrected chi connectivity index (χ1v) is 4.55. The van der Waals surface area contributed by atoms with Crippen LogP contribution < -0.4 is 11.1 Å². The molecule has 0 amide bonds. The van der Waals surface area contributed by atoms with E-state index in [-0.39, 0.29) is 0 Å². The number of anilines is 1. The van der Waals surface area contributed by atoms with E-state index in [1.54, 1.807) is 4.68 Å². The van der Waals surface area contributed by atoms with Gasteiger partial charge in [0.1, 0.15) is 0 Å². The molecule has 0 aliphatic carbocycles. The Hall–Kier alpha value is -1.10. The highest BCUT2D eigenvalue weighted by Gasteiger charge is 2.28. The summed E-state index contributed by atoms with van der Waals surface area (Å²) in [6.45, 7) is 4.21. The first-order chi connectivity index (χ1) is 6.18. The first-order valence-electron chi connectivity index (χ1n) is 4.55. The number of nitrogens with two attached hydrogens (primary N) is 1. The zero-order valence-corrected chi connectivity index (χ0v) is 7.99. The monoisotopic (exact) mass is 181 g/mol. The quantitative estimate of drug-likeness (QED) is 0.625. The molecule has 5 heteroatoms. The lowest BCUT2D eigenvalue weighted by atomic mass is 9.98. The van der Waals surface area contributed by atoms with Crippen LogP contribution in [0.2, 0.25) is 0 Å². The van der Waals surface area contributed by atoms with E-state index < -0.39 is 0 Å². The van der Waals surface area contributed by atoms with Gasteiger partial charge in [-0.3, -0.25) is 0 Å².